The second-order valence-corrected chi connectivity index (χ2v) is 6.34. The lowest BCUT2D eigenvalue weighted by atomic mass is 9.94. The highest BCUT2D eigenvalue weighted by atomic mass is 16.5. The molecule has 1 heterocycles. The number of allylic oxidation sites excluding steroid dienone is 1. The maximum atomic E-state index is 12.3. The molecule has 2 unspecified atom stereocenters. The van der Waals surface area contributed by atoms with Crippen molar-refractivity contribution in [2.45, 2.75) is 26.3 Å². The summed E-state index contributed by atoms with van der Waals surface area (Å²) >= 11 is 0. The Hall–Kier alpha value is -2.20. The van der Waals surface area contributed by atoms with Crippen LogP contribution in [0.15, 0.2) is 59.6 Å². The monoisotopic (exact) mass is 340 g/mol. The number of hydrogen-bond acceptors (Lipinski definition) is 4. The normalized spacial score (nSPS) is 21.8. The number of hydrogen-bond donors (Lipinski definition) is 0. The van der Waals surface area contributed by atoms with E-state index in [9.17, 15) is 4.79 Å². The van der Waals surface area contributed by atoms with E-state index in [0.717, 1.165) is 30.8 Å². The summed E-state index contributed by atoms with van der Waals surface area (Å²) in [5.41, 5.74) is 3.27. The predicted octanol–water partition coefficient (Wildman–Crippen LogP) is 3.82. The van der Waals surface area contributed by atoms with Crippen molar-refractivity contribution in [1.29, 1.82) is 0 Å². The van der Waals surface area contributed by atoms with Gasteiger partial charge in [0, 0.05) is 25.3 Å². The molecule has 1 saturated heterocycles. The van der Waals surface area contributed by atoms with Gasteiger partial charge in [-0.25, -0.2) is 0 Å². The van der Waals surface area contributed by atoms with E-state index in [2.05, 4.69) is 36.6 Å². The van der Waals surface area contributed by atoms with Crippen LogP contribution in [0.5, 0.6) is 0 Å². The first-order valence-corrected chi connectivity index (χ1v) is 8.78. The second kappa shape index (κ2) is 9.33. The van der Waals surface area contributed by atoms with Crippen LogP contribution in [0.3, 0.4) is 0 Å². The average Bonchev–Trinajstić information content (AvgIpc) is 2.67. The van der Waals surface area contributed by atoms with Crippen LogP contribution >= 0.6 is 0 Å². The number of piperidine rings is 1. The van der Waals surface area contributed by atoms with Gasteiger partial charge in [0.25, 0.3) is 0 Å². The Morgan fingerprint density at radius 3 is 2.76 bits per heavy atom. The van der Waals surface area contributed by atoms with Gasteiger partial charge < -0.3 is 4.74 Å². The Balaban J connectivity index is 2.16. The molecule has 0 spiro atoms. The first-order valence-electron chi connectivity index (χ1n) is 8.78. The Kier molecular flexibility index (Phi) is 7.14. The van der Waals surface area contributed by atoms with E-state index in [1.165, 1.54) is 12.7 Å². The minimum absolute atomic E-state index is 0.0363. The van der Waals surface area contributed by atoms with E-state index in [1.54, 1.807) is 0 Å². The lowest BCUT2D eigenvalue weighted by molar-refractivity contribution is -0.143. The molecule has 1 aliphatic heterocycles. The van der Waals surface area contributed by atoms with Gasteiger partial charge in [-0.3, -0.25) is 14.7 Å². The molecule has 134 valence electrons. The molecule has 25 heavy (non-hydrogen) atoms. The molecule has 4 heteroatoms. The number of carbonyl (C=O) groups excluding carboxylic acids is 1. The van der Waals surface area contributed by atoms with Crippen molar-refractivity contribution in [2.75, 3.05) is 26.7 Å². The number of benzene rings is 1. The van der Waals surface area contributed by atoms with Crippen LogP contribution in [-0.4, -0.2) is 43.3 Å². The summed E-state index contributed by atoms with van der Waals surface area (Å²) in [5, 5.41) is 0. The maximum Gasteiger partial charge on any atom is 0.315 e. The van der Waals surface area contributed by atoms with Gasteiger partial charge in [0.05, 0.1) is 13.2 Å². The summed E-state index contributed by atoms with van der Waals surface area (Å²) in [6, 6.07) is 10.2. The summed E-state index contributed by atoms with van der Waals surface area (Å²) in [6.07, 6.45) is 4.71. The number of carbonyl (C=O) groups is 1. The molecule has 0 N–H and O–H groups in total. The van der Waals surface area contributed by atoms with Crippen LogP contribution in [-0.2, 0) is 9.53 Å². The van der Waals surface area contributed by atoms with Gasteiger partial charge in [-0.15, -0.1) is 0 Å². The van der Waals surface area contributed by atoms with Crippen molar-refractivity contribution in [2.24, 2.45) is 10.9 Å². The van der Waals surface area contributed by atoms with E-state index < -0.39 is 0 Å². The fourth-order valence-corrected chi connectivity index (χ4v) is 3.14. The molecule has 0 radical (unpaired) electrons. The fraction of sp³-hybridized carbons (Fsp3) is 0.429. The molecule has 0 aliphatic carbocycles. The number of aliphatic imine (C=N–C) groups is 1. The van der Waals surface area contributed by atoms with Crippen LogP contribution in [0.2, 0.25) is 0 Å². The highest BCUT2D eigenvalue weighted by Crippen LogP contribution is 2.23. The molecule has 0 amide bonds. The first kappa shape index (κ1) is 19.1. The van der Waals surface area contributed by atoms with Gasteiger partial charge in [0.15, 0.2) is 0 Å². The van der Waals surface area contributed by atoms with Crippen molar-refractivity contribution in [3.8, 4) is 0 Å². The molecule has 0 aromatic heterocycles. The van der Waals surface area contributed by atoms with Gasteiger partial charge in [-0.05, 0) is 31.4 Å². The molecule has 2 rings (SSSR count). The molecule has 0 bridgehead atoms. The molecule has 0 saturated carbocycles. The third-order valence-corrected chi connectivity index (χ3v) is 4.69. The van der Waals surface area contributed by atoms with Gasteiger partial charge in [0.1, 0.15) is 5.92 Å². The molecule has 4 nitrogen and oxygen atoms in total. The smallest absolute Gasteiger partial charge is 0.315 e. The molecule has 2 atom stereocenters. The van der Waals surface area contributed by atoms with Crippen molar-refractivity contribution >= 4 is 11.7 Å². The predicted molar refractivity (Wildman–Crippen MR) is 103 cm³/mol. The number of methoxy groups -OCH3 is 1. The fourth-order valence-electron chi connectivity index (χ4n) is 3.14. The molecular weight excluding hydrogens is 312 g/mol. The summed E-state index contributed by atoms with van der Waals surface area (Å²) < 4.78 is 5.03. The van der Waals surface area contributed by atoms with Crippen molar-refractivity contribution in [3.63, 3.8) is 0 Å². The number of rotatable bonds is 6. The third-order valence-electron chi connectivity index (χ3n) is 4.69. The lowest BCUT2D eigenvalue weighted by Crippen LogP contribution is -2.45. The van der Waals surface area contributed by atoms with Crippen LogP contribution in [0.1, 0.15) is 31.9 Å². The summed E-state index contributed by atoms with van der Waals surface area (Å²) in [6.45, 7) is 10.2. The van der Waals surface area contributed by atoms with E-state index >= 15 is 0 Å². The third kappa shape index (κ3) is 5.13. The standard InChI is InChI=1S/C21H28N2O2/c1-5-17(6-2)14-23-13-12-20(19(15-23)21(24)25-4)22-16(3)18-10-8-7-9-11-18/h5-11,16,19H,1,12-15H2,2-4H3. The minimum atomic E-state index is -0.298. The minimum Gasteiger partial charge on any atom is -0.468 e. The number of likely N-dealkylation sites (tertiary alicyclic amines) is 1. The lowest BCUT2D eigenvalue weighted by Gasteiger charge is -2.33. The van der Waals surface area contributed by atoms with Crippen LogP contribution < -0.4 is 0 Å². The van der Waals surface area contributed by atoms with Crippen molar-refractivity contribution in [1.82, 2.24) is 4.90 Å². The molecule has 1 aromatic carbocycles. The number of nitrogens with zero attached hydrogens (tertiary/aromatic N) is 2. The molecule has 1 aliphatic rings. The van der Waals surface area contributed by atoms with E-state index in [4.69, 9.17) is 9.73 Å². The number of ether oxygens (including phenoxy) is 1. The Morgan fingerprint density at radius 1 is 1.44 bits per heavy atom. The van der Waals surface area contributed by atoms with Gasteiger partial charge in [0.2, 0.25) is 0 Å². The summed E-state index contributed by atoms with van der Waals surface area (Å²) in [4.78, 5) is 19.4. The molecule has 1 aromatic rings. The van der Waals surface area contributed by atoms with Gasteiger partial charge in [-0.2, -0.15) is 0 Å². The summed E-state index contributed by atoms with van der Waals surface area (Å²) in [7, 11) is 1.45. The van der Waals surface area contributed by atoms with E-state index in [1.807, 2.05) is 31.2 Å². The number of esters is 1. The second-order valence-electron chi connectivity index (χ2n) is 6.34. The average molecular weight is 340 g/mol. The Morgan fingerprint density at radius 2 is 2.16 bits per heavy atom. The Bertz CT molecular complexity index is 649. The van der Waals surface area contributed by atoms with E-state index in [-0.39, 0.29) is 17.9 Å². The van der Waals surface area contributed by atoms with Crippen LogP contribution in [0.25, 0.3) is 0 Å². The zero-order valence-electron chi connectivity index (χ0n) is 15.4. The van der Waals surface area contributed by atoms with Crippen LogP contribution in [0, 0.1) is 5.92 Å². The SMILES string of the molecule is C=CC(=CC)CN1CCC(=NC(C)c2ccccc2)C(C(=O)OC)C1. The maximum absolute atomic E-state index is 12.3. The zero-order chi connectivity index (χ0) is 18.2. The summed E-state index contributed by atoms with van der Waals surface area (Å²) in [5.74, 6) is -0.503. The highest BCUT2D eigenvalue weighted by molar-refractivity contribution is 6.03. The molecular formula is C21H28N2O2. The van der Waals surface area contributed by atoms with Crippen molar-refractivity contribution < 1.29 is 9.53 Å². The quantitative estimate of drug-likeness (QED) is 0.584. The molecule has 1 fully saturated rings. The van der Waals surface area contributed by atoms with Gasteiger partial charge >= 0.3 is 5.97 Å². The zero-order valence-corrected chi connectivity index (χ0v) is 15.4. The topological polar surface area (TPSA) is 41.9 Å². The largest absolute Gasteiger partial charge is 0.468 e. The Labute approximate surface area is 150 Å². The van der Waals surface area contributed by atoms with E-state index in [0.29, 0.717) is 6.54 Å². The van der Waals surface area contributed by atoms with Crippen molar-refractivity contribution in [3.05, 3.63) is 60.2 Å². The highest BCUT2D eigenvalue weighted by Gasteiger charge is 2.32. The van der Waals surface area contributed by atoms with Gasteiger partial charge in [-0.1, -0.05) is 49.1 Å². The van der Waals surface area contributed by atoms with Crippen LogP contribution in [0.4, 0.5) is 0 Å². The first-order chi connectivity index (χ1) is 12.1.